The van der Waals surface area contributed by atoms with Crippen LogP contribution in [0.2, 0.25) is 0 Å². The van der Waals surface area contributed by atoms with Crippen LogP contribution >= 0.6 is 0 Å². The molecule has 0 aliphatic carbocycles. The van der Waals surface area contributed by atoms with Crippen molar-refractivity contribution in [2.75, 3.05) is 19.8 Å². The summed E-state index contributed by atoms with van der Waals surface area (Å²) in [7, 11) is 0. The molecule has 0 saturated carbocycles. The predicted octanol–water partition coefficient (Wildman–Crippen LogP) is 0.483. The first-order valence-electron chi connectivity index (χ1n) is 5.30. The zero-order valence-corrected chi connectivity index (χ0v) is 11.2. The van der Waals surface area contributed by atoms with Gasteiger partial charge in [0.15, 0.2) is 0 Å². The van der Waals surface area contributed by atoms with E-state index in [1.54, 1.807) is 0 Å². The van der Waals surface area contributed by atoms with E-state index in [1.165, 1.54) is 0 Å². The molecule has 1 rings (SSSR count). The van der Waals surface area contributed by atoms with Crippen molar-refractivity contribution in [1.29, 1.82) is 0 Å². The summed E-state index contributed by atoms with van der Waals surface area (Å²) >= 11 is 0. The van der Waals surface area contributed by atoms with Gasteiger partial charge in [-0.25, -0.2) is 0 Å². The fourth-order valence-corrected chi connectivity index (χ4v) is 1.26. The molecule has 6 heteroatoms. The Kier molecular flexibility index (Phi) is 8.56. The fourth-order valence-electron chi connectivity index (χ4n) is 1.26. The van der Waals surface area contributed by atoms with E-state index in [0.29, 0.717) is 19.1 Å². The largest absolute Gasteiger partial charge is 0.394 e. The number of aromatic nitrogens is 3. The van der Waals surface area contributed by atoms with Crippen molar-refractivity contribution < 1.29 is 28.4 Å². The molecule has 16 heavy (non-hydrogen) atoms. The van der Waals surface area contributed by atoms with E-state index >= 15 is 0 Å². The molecule has 0 amide bonds. The molecule has 0 aliphatic heterocycles. The van der Waals surface area contributed by atoms with Crippen LogP contribution in [0.25, 0.3) is 0 Å². The van der Waals surface area contributed by atoms with E-state index < -0.39 is 0 Å². The van der Waals surface area contributed by atoms with Crippen molar-refractivity contribution in [3.8, 4) is 0 Å². The van der Waals surface area contributed by atoms with Crippen LogP contribution < -0.4 is 0 Å². The number of hydrogen-bond acceptors (Lipinski definition) is 4. The SMILES string of the molecule is CC(C)Cn1cc(CCOCCO)nn1.[V]. The minimum atomic E-state index is 0. The van der Waals surface area contributed by atoms with E-state index in [4.69, 9.17) is 9.84 Å². The maximum absolute atomic E-state index is 8.51. The number of rotatable bonds is 7. The molecular weight excluding hydrogens is 245 g/mol. The van der Waals surface area contributed by atoms with Gasteiger partial charge in [-0.05, 0) is 5.92 Å². The van der Waals surface area contributed by atoms with Crippen molar-refractivity contribution in [1.82, 2.24) is 15.0 Å². The Hall–Kier alpha value is -0.356. The van der Waals surface area contributed by atoms with E-state index in [2.05, 4.69) is 24.2 Å². The first-order chi connectivity index (χ1) is 7.22. The molecule has 1 N–H and O–H groups in total. The van der Waals surface area contributed by atoms with E-state index in [-0.39, 0.29) is 25.2 Å². The van der Waals surface area contributed by atoms with Crippen LogP contribution in [0, 0.1) is 5.92 Å². The van der Waals surface area contributed by atoms with Crippen LogP contribution in [-0.4, -0.2) is 39.9 Å². The van der Waals surface area contributed by atoms with Gasteiger partial charge in [-0.15, -0.1) is 5.10 Å². The molecule has 0 saturated heterocycles. The number of nitrogens with zero attached hydrogens (tertiary/aromatic N) is 3. The summed E-state index contributed by atoms with van der Waals surface area (Å²) in [5.41, 5.74) is 0.939. The zero-order valence-electron chi connectivity index (χ0n) is 9.83. The molecular formula is C10H19N3O2V. The molecule has 5 nitrogen and oxygen atoms in total. The second kappa shape index (κ2) is 8.76. The molecule has 1 heterocycles. The minimum Gasteiger partial charge on any atom is -0.394 e. The monoisotopic (exact) mass is 264 g/mol. The molecule has 0 unspecified atom stereocenters. The first kappa shape index (κ1) is 15.6. The summed E-state index contributed by atoms with van der Waals surface area (Å²) in [6, 6.07) is 0. The molecule has 0 bridgehead atoms. The molecule has 0 atom stereocenters. The average molecular weight is 264 g/mol. The fraction of sp³-hybridized carbons (Fsp3) is 0.800. The van der Waals surface area contributed by atoms with Crippen molar-refractivity contribution in [2.24, 2.45) is 5.92 Å². The van der Waals surface area contributed by atoms with Gasteiger partial charge < -0.3 is 9.84 Å². The Bertz CT molecular complexity index is 279. The third kappa shape index (κ3) is 6.28. The second-order valence-electron chi connectivity index (χ2n) is 3.91. The van der Waals surface area contributed by atoms with Crippen LogP contribution in [0.5, 0.6) is 0 Å². The Balaban J connectivity index is 0.00000225. The van der Waals surface area contributed by atoms with Crippen molar-refractivity contribution in [3.63, 3.8) is 0 Å². The van der Waals surface area contributed by atoms with Gasteiger partial charge in [0.05, 0.1) is 25.5 Å². The summed E-state index contributed by atoms with van der Waals surface area (Å²) in [6.07, 6.45) is 2.69. The molecule has 0 aliphatic rings. The van der Waals surface area contributed by atoms with Crippen molar-refractivity contribution in [2.45, 2.75) is 26.8 Å². The Morgan fingerprint density at radius 3 is 2.81 bits per heavy atom. The zero-order chi connectivity index (χ0) is 11.1. The molecule has 1 aromatic heterocycles. The topological polar surface area (TPSA) is 60.2 Å². The van der Waals surface area contributed by atoms with E-state index in [1.807, 2.05) is 10.9 Å². The average Bonchev–Trinajstić information content (AvgIpc) is 2.59. The molecule has 0 spiro atoms. The first-order valence-corrected chi connectivity index (χ1v) is 5.30. The summed E-state index contributed by atoms with van der Waals surface area (Å²) in [4.78, 5) is 0. The van der Waals surface area contributed by atoms with E-state index in [0.717, 1.165) is 18.7 Å². The number of hydrogen-bond donors (Lipinski definition) is 1. The molecule has 0 aromatic carbocycles. The third-order valence-corrected chi connectivity index (χ3v) is 1.88. The summed E-state index contributed by atoms with van der Waals surface area (Å²) in [5, 5.41) is 16.6. The van der Waals surface area contributed by atoms with Crippen LogP contribution in [0.3, 0.4) is 0 Å². The van der Waals surface area contributed by atoms with Gasteiger partial charge in [-0.1, -0.05) is 19.1 Å². The molecule has 91 valence electrons. The quantitative estimate of drug-likeness (QED) is 0.728. The summed E-state index contributed by atoms with van der Waals surface area (Å²) in [5.74, 6) is 0.574. The smallest absolute Gasteiger partial charge is 0.0850 e. The van der Waals surface area contributed by atoms with Crippen LogP contribution in [0.1, 0.15) is 19.5 Å². The Labute approximate surface area is 108 Å². The summed E-state index contributed by atoms with van der Waals surface area (Å²) < 4.78 is 7.00. The Morgan fingerprint density at radius 1 is 1.44 bits per heavy atom. The Morgan fingerprint density at radius 2 is 2.19 bits per heavy atom. The molecule has 1 aromatic rings. The van der Waals surface area contributed by atoms with Gasteiger partial charge in [0.25, 0.3) is 0 Å². The van der Waals surface area contributed by atoms with Crippen molar-refractivity contribution >= 4 is 0 Å². The predicted molar refractivity (Wildman–Crippen MR) is 56.5 cm³/mol. The number of aliphatic hydroxyl groups excluding tert-OH is 1. The normalized spacial score (nSPS) is 10.5. The summed E-state index contributed by atoms with van der Waals surface area (Å²) in [6.45, 7) is 6.23. The van der Waals surface area contributed by atoms with Crippen molar-refractivity contribution in [3.05, 3.63) is 11.9 Å². The second-order valence-corrected chi connectivity index (χ2v) is 3.91. The maximum atomic E-state index is 8.51. The molecule has 1 radical (unpaired) electrons. The van der Waals surface area contributed by atoms with Gasteiger partial charge in [-0.2, -0.15) is 0 Å². The minimum absolute atomic E-state index is 0. The number of ether oxygens (including phenoxy) is 1. The van der Waals surface area contributed by atoms with Crippen LogP contribution in [0.15, 0.2) is 6.20 Å². The number of aliphatic hydroxyl groups is 1. The van der Waals surface area contributed by atoms with Gasteiger partial charge in [0.2, 0.25) is 0 Å². The standard InChI is InChI=1S/C10H19N3O2.V/c1-9(2)7-13-8-10(11-12-13)3-5-15-6-4-14;/h8-9,14H,3-7H2,1-2H3;. The maximum Gasteiger partial charge on any atom is 0.0850 e. The van der Waals surface area contributed by atoms with Gasteiger partial charge >= 0.3 is 0 Å². The van der Waals surface area contributed by atoms with Gasteiger partial charge in [0.1, 0.15) is 0 Å². The van der Waals surface area contributed by atoms with Gasteiger partial charge in [-0.3, -0.25) is 4.68 Å². The third-order valence-electron chi connectivity index (χ3n) is 1.88. The van der Waals surface area contributed by atoms with Gasteiger partial charge in [0, 0.05) is 37.7 Å². The van der Waals surface area contributed by atoms with Crippen LogP contribution in [0.4, 0.5) is 0 Å². The van der Waals surface area contributed by atoms with Crippen LogP contribution in [-0.2, 0) is 36.3 Å². The molecule has 0 fully saturated rings. The van der Waals surface area contributed by atoms with E-state index in [9.17, 15) is 0 Å².